The van der Waals surface area contributed by atoms with Crippen molar-refractivity contribution in [3.05, 3.63) is 17.0 Å². The van der Waals surface area contributed by atoms with Crippen LogP contribution >= 0.6 is 0 Å². The minimum atomic E-state index is 0.515. The van der Waals surface area contributed by atoms with Gasteiger partial charge in [-0.25, -0.2) is 0 Å². The standard InChI is InChI=1S/C12H23N3/c1-6-7-15-11(4)12(10(3)14-15)8-9(2)13-5/h9,13H,6-8H2,1-5H3. The molecule has 0 amide bonds. The van der Waals surface area contributed by atoms with E-state index < -0.39 is 0 Å². The summed E-state index contributed by atoms with van der Waals surface area (Å²) in [6.45, 7) is 9.70. The summed E-state index contributed by atoms with van der Waals surface area (Å²) in [7, 11) is 2.01. The quantitative estimate of drug-likeness (QED) is 0.804. The third-order valence-corrected chi connectivity index (χ3v) is 2.97. The summed E-state index contributed by atoms with van der Waals surface area (Å²) in [5, 5.41) is 7.85. The third-order valence-electron chi connectivity index (χ3n) is 2.97. The van der Waals surface area contributed by atoms with Gasteiger partial charge in [0.05, 0.1) is 5.69 Å². The van der Waals surface area contributed by atoms with Gasteiger partial charge < -0.3 is 5.32 Å². The monoisotopic (exact) mass is 209 g/mol. The lowest BCUT2D eigenvalue weighted by atomic mass is 10.1. The van der Waals surface area contributed by atoms with Gasteiger partial charge in [-0.3, -0.25) is 4.68 Å². The fourth-order valence-corrected chi connectivity index (χ4v) is 1.87. The van der Waals surface area contributed by atoms with Gasteiger partial charge in [0.1, 0.15) is 0 Å². The van der Waals surface area contributed by atoms with Crippen molar-refractivity contribution < 1.29 is 0 Å². The zero-order valence-corrected chi connectivity index (χ0v) is 10.6. The van der Waals surface area contributed by atoms with Crippen molar-refractivity contribution >= 4 is 0 Å². The van der Waals surface area contributed by atoms with E-state index in [0.717, 1.165) is 19.4 Å². The molecule has 1 aromatic heterocycles. The van der Waals surface area contributed by atoms with Crippen LogP contribution in [0.15, 0.2) is 0 Å². The lowest BCUT2D eigenvalue weighted by Crippen LogP contribution is -2.24. The van der Waals surface area contributed by atoms with E-state index in [2.05, 4.69) is 42.8 Å². The normalized spacial score (nSPS) is 13.1. The predicted octanol–water partition coefficient (Wildman–Crippen LogP) is 2.06. The van der Waals surface area contributed by atoms with Gasteiger partial charge in [0.25, 0.3) is 0 Å². The number of nitrogens with zero attached hydrogens (tertiary/aromatic N) is 2. The first-order chi connectivity index (χ1) is 7.10. The van der Waals surface area contributed by atoms with Crippen LogP contribution in [-0.4, -0.2) is 22.9 Å². The Morgan fingerprint density at radius 3 is 2.60 bits per heavy atom. The van der Waals surface area contributed by atoms with E-state index >= 15 is 0 Å². The summed E-state index contributed by atoms with van der Waals surface area (Å²) >= 11 is 0. The first-order valence-electron chi connectivity index (χ1n) is 5.80. The summed E-state index contributed by atoms with van der Waals surface area (Å²) in [5.74, 6) is 0. The van der Waals surface area contributed by atoms with E-state index in [1.165, 1.54) is 17.0 Å². The Balaban J connectivity index is 2.87. The molecule has 86 valence electrons. The summed E-state index contributed by atoms with van der Waals surface area (Å²) in [6, 6.07) is 0.515. The van der Waals surface area contributed by atoms with Crippen LogP contribution in [0.3, 0.4) is 0 Å². The molecule has 0 fully saturated rings. The smallest absolute Gasteiger partial charge is 0.0629 e. The van der Waals surface area contributed by atoms with Crippen LogP contribution in [0.25, 0.3) is 0 Å². The summed E-state index contributed by atoms with van der Waals surface area (Å²) in [6.07, 6.45) is 2.21. The van der Waals surface area contributed by atoms with Gasteiger partial charge in [-0.15, -0.1) is 0 Å². The molecule has 1 aromatic rings. The second kappa shape index (κ2) is 5.31. The Kier molecular flexibility index (Phi) is 4.33. The maximum Gasteiger partial charge on any atom is 0.0629 e. The van der Waals surface area contributed by atoms with Gasteiger partial charge in [0.2, 0.25) is 0 Å². The molecule has 0 aromatic carbocycles. The zero-order chi connectivity index (χ0) is 11.4. The van der Waals surface area contributed by atoms with Crippen LogP contribution in [0.5, 0.6) is 0 Å². The molecule has 1 heterocycles. The van der Waals surface area contributed by atoms with Crippen molar-refractivity contribution in [3.8, 4) is 0 Å². The zero-order valence-electron chi connectivity index (χ0n) is 10.6. The molecule has 15 heavy (non-hydrogen) atoms. The predicted molar refractivity (Wildman–Crippen MR) is 64.2 cm³/mol. The molecular formula is C12H23N3. The fraction of sp³-hybridized carbons (Fsp3) is 0.750. The van der Waals surface area contributed by atoms with E-state index in [1.54, 1.807) is 0 Å². The fourth-order valence-electron chi connectivity index (χ4n) is 1.87. The summed E-state index contributed by atoms with van der Waals surface area (Å²) in [5.41, 5.74) is 3.92. The van der Waals surface area contributed by atoms with E-state index in [1.807, 2.05) is 7.05 Å². The Bertz CT molecular complexity index is 315. The number of rotatable bonds is 5. The van der Waals surface area contributed by atoms with Gasteiger partial charge in [-0.2, -0.15) is 5.10 Å². The minimum absolute atomic E-state index is 0.515. The first kappa shape index (κ1) is 12.2. The highest BCUT2D eigenvalue weighted by Gasteiger charge is 2.12. The summed E-state index contributed by atoms with van der Waals surface area (Å²) < 4.78 is 2.13. The topological polar surface area (TPSA) is 29.9 Å². The Hall–Kier alpha value is -0.830. The Morgan fingerprint density at radius 2 is 2.07 bits per heavy atom. The Morgan fingerprint density at radius 1 is 1.40 bits per heavy atom. The highest BCUT2D eigenvalue weighted by Crippen LogP contribution is 2.15. The van der Waals surface area contributed by atoms with Gasteiger partial charge in [-0.1, -0.05) is 6.92 Å². The Labute approximate surface area is 92.9 Å². The molecular weight excluding hydrogens is 186 g/mol. The maximum absolute atomic E-state index is 4.58. The van der Waals surface area contributed by atoms with E-state index in [-0.39, 0.29) is 0 Å². The average Bonchev–Trinajstić information content (AvgIpc) is 2.46. The molecule has 3 heteroatoms. The first-order valence-corrected chi connectivity index (χ1v) is 5.80. The number of hydrogen-bond acceptors (Lipinski definition) is 2. The molecule has 0 aliphatic heterocycles. The van der Waals surface area contributed by atoms with Crippen molar-refractivity contribution in [3.63, 3.8) is 0 Å². The molecule has 0 saturated carbocycles. The highest BCUT2D eigenvalue weighted by atomic mass is 15.3. The van der Waals surface area contributed by atoms with E-state index in [4.69, 9.17) is 0 Å². The lowest BCUT2D eigenvalue weighted by molar-refractivity contribution is 0.578. The number of aryl methyl sites for hydroxylation is 2. The molecule has 3 nitrogen and oxygen atoms in total. The number of hydrogen-bond donors (Lipinski definition) is 1. The van der Waals surface area contributed by atoms with Crippen molar-refractivity contribution in [2.24, 2.45) is 0 Å². The van der Waals surface area contributed by atoms with Crippen LogP contribution in [-0.2, 0) is 13.0 Å². The van der Waals surface area contributed by atoms with Crippen LogP contribution in [0.4, 0.5) is 0 Å². The lowest BCUT2D eigenvalue weighted by Gasteiger charge is -2.10. The molecule has 0 saturated heterocycles. The SMILES string of the molecule is CCCn1nc(C)c(CC(C)NC)c1C. The van der Waals surface area contributed by atoms with Crippen LogP contribution in [0, 0.1) is 13.8 Å². The van der Waals surface area contributed by atoms with Gasteiger partial charge in [0, 0.05) is 18.3 Å². The van der Waals surface area contributed by atoms with Gasteiger partial charge >= 0.3 is 0 Å². The van der Waals surface area contributed by atoms with Crippen molar-refractivity contribution in [2.45, 2.75) is 53.1 Å². The van der Waals surface area contributed by atoms with Gasteiger partial charge in [0.15, 0.2) is 0 Å². The third kappa shape index (κ3) is 2.81. The number of nitrogens with one attached hydrogen (secondary N) is 1. The van der Waals surface area contributed by atoms with E-state index in [9.17, 15) is 0 Å². The molecule has 0 radical (unpaired) electrons. The maximum atomic E-state index is 4.58. The van der Waals surface area contributed by atoms with Crippen LogP contribution in [0.2, 0.25) is 0 Å². The molecule has 1 rings (SSSR count). The molecule has 1 unspecified atom stereocenters. The molecule has 0 spiro atoms. The molecule has 0 aliphatic carbocycles. The van der Waals surface area contributed by atoms with Crippen molar-refractivity contribution in [1.29, 1.82) is 0 Å². The van der Waals surface area contributed by atoms with Gasteiger partial charge in [-0.05, 0) is 46.2 Å². The highest BCUT2D eigenvalue weighted by molar-refractivity contribution is 5.25. The van der Waals surface area contributed by atoms with E-state index in [0.29, 0.717) is 6.04 Å². The van der Waals surface area contributed by atoms with Crippen LogP contribution < -0.4 is 5.32 Å². The number of likely N-dealkylation sites (N-methyl/N-ethyl adjacent to an activating group) is 1. The molecule has 1 N–H and O–H groups in total. The summed E-state index contributed by atoms with van der Waals surface area (Å²) in [4.78, 5) is 0. The van der Waals surface area contributed by atoms with Crippen LogP contribution in [0.1, 0.15) is 37.2 Å². The number of aromatic nitrogens is 2. The second-order valence-corrected chi connectivity index (χ2v) is 4.27. The second-order valence-electron chi connectivity index (χ2n) is 4.27. The average molecular weight is 209 g/mol. The molecule has 0 aliphatic rings. The molecule has 0 bridgehead atoms. The largest absolute Gasteiger partial charge is 0.317 e. The van der Waals surface area contributed by atoms with Crippen molar-refractivity contribution in [1.82, 2.24) is 15.1 Å². The minimum Gasteiger partial charge on any atom is -0.317 e. The molecule has 1 atom stereocenters. The van der Waals surface area contributed by atoms with Crippen molar-refractivity contribution in [2.75, 3.05) is 7.05 Å².